The fraction of sp³-hybridized carbons (Fsp3) is 0.0769. The molecule has 0 spiro atoms. The molecule has 0 radical (unpaired) electrons. The zero-order chi connectivity index (χ0) is 11.7. The fourth-order valence-electron chi connectivity index (χ4n) is 1.64. The Labute approximate surface area is 110 Å². The average molecular weight is 272 g/mol. The van der Waals surface area contributed by atoms with Crippen LogP contribution >= 0.6 is 34.8 Å². The van der Waals surface area contributed by atoms with Gasteiger partial charge >= 0.3 is 0 Å². The van der Waals surface area contributed by atoms with Crippen molar-refractivity contribution in [1.82, 2.24) is 0 Å². The number of halogens is 3. The van der Waals surface area contributed by atoms with Crippen LogP contribution in [0.3, 0.4) is 0 Å². The third-order valence-corrected chi connectivity index (χ3v) is 3.19. The van der Waals surface area contributed by atoms with Crippen molar-refractivity contribution in [1.29, 1.82) is 0 Å². The molecule has 0 aliphatic carbocycles. The molecular formula is C13H9Cl3. The lowest BCUT2D eigenvalue weighted by molar-refractivity contribution is 1.46. The molecule has 0 fully saturated rings. The van der Waals surface area contributed by atoms with E-state index in [9.17, 15) is 0 Å². The second kappa shape index (κ2) is 4.67. The van der Waals surface area contributed by atoms with Crippen LogP contribution in [0.2, 0.25) is 15.1 Å². The molecule has 0 aromatic heterocycles. The molecule has 0 nitrogen and oxygen atoms in total. The van der Waals surface area contributed by atoms with Gasteiger partial charge in [-0.15, -0.1) is 0 Å². The highest BCUT2D eigenvalue weighted by atomic mass is 35.5. The van der Waals surface area contributed by atoms with Crippen molar-refractivity contribution in [2.75, 3.05) is 0 Å². The summed E-state index contributed by atoms with van der Waals surface area (Å²) in [7, 11) is 0. The molecule has 0 bridgehead atoms. The summed E-state index contributed by atoms with van der Waals surface area (Å²) >= 11 is 17.9. The smallest absolute Gasteiger partial charge is 0.0499 e. The van der Waals surface area contributed by atoms with Gasteiger partial charge in [-0.05, 0) is 42.3 Å². The van der Waals surface area contributed by atoms with Crippen molar-refractivity contribution < 1.29 is 0 Å². The van der Waals surface area contributed by atoms with Gasteiger partial charge in [-0.25, -0.2) is 0 Å². The van der Waals surface area contributed by atoms with E-state index < -0.39 is 0 Å². The van der Waals surface area contributed by atoms with Gasteiger partial charge in [-0.3, -0.25) is 0 Å². The lowest BCUT2D eigenvalue weighted by Gasteiger charge is -2.08. The van der Waals surface area contributed by atoms with Crippen LogP contribution in [0.15, 0.2) is 36.4 Å². The maximum Gasteiger partial charge on any atom is 0.0499 e. The monoisotopic (exact) mass is 270 g/mol. The largest absolute Gasteiger partial charge is 0.0843 e. The third kappa shape index (κ3) is 2.35. The SMILES string of the molecule is Cc1cc(Cl)ccc1-c1ccc(Cl)cc1Cl. The summed E-state index contributed by atoms with van der Waals surface area (Å²) in [5, 5.41) is 2.02. The van der Waals surface area contributed by atoms with Crippen molar-refractivity contribution in [3.63, 3.8) is 0 Å². The normalized spacial score (nSPS) is 10.5. The second-order valence-corrected chi connectivity index (χ2v) is 4.86. The highest BCUT2D eigenvalue weighted by molar-refractivity contribution is 6.36. The topological polar surface area (TPSA) is 0 Å². The van der Waals surface area contributed by atoms with Crippen LogP contribution in [-0.4, -0.2) is 0 Å². The van der Waals surface area contributed by atoms with E-state index in [4.69, 9.17) is 34.8 Å². The van der Waals surface area contributed by atoms with Gasteiger partial charge in [0.25, 0.3) is 0 Å². The minimum absolute atomic E-state index is 0.639. The first-order chi connectivity index (χ1) is 7.58. The van der Waals surface area contributed by atoms with Gasteiger partial charge in [-0.2, -0.15) is 0 Å². The summed E-state index contributed by atoms with van der Waals surface area (Å²) in [4.78, 5) is 0. The molecule has 0 aliphatic heterocycles. The zero-order valence-electron chi connectivity index (χ0n) is 8.60. The van der Waals surface area contributed by atoms with Gasteiger partial charge in [0.2, 0.25) is 0 Å². The Morgan fingerprint density at radius 3 is 1.88 bits per heavy atom. The van der Waals surface area contributed by atoms with Crippen LogP contribution < -0.4 is 0 Å². The molecular weight excluding hydrogens is 263 g/mol. The predicted molar refractivity (Wildman–Crippen MR) is 71.6 cm³/mol. The summed E-state index contributed by atoms with van der Waals surface area (Å²) in [5.41, 5.74) is 3.14. The Balaban J connectivity index is 2.59. The Morgan fingerprint density at radius 2 is 1.31 bits per heavy atom. The van der Waals surface area contributed by atoms with Crippen molar-refractivity contribution in [2.24, 2.45) is 0 Å². The molecule has 0 unspecified atom stereocenters. The van der Waals surface area contributed by atoms with Gasteiger partial charge in [0.05, 0.1) is 0 Å². The molecule has 0 atom stereocenters. The first-order valence-corrected chi connectivity index (χ1v) is 5.93. The minimum Gasteiger partial charge on any atom is -0.0843 e. The van der Waals surface area contributed by atoms with Crippen molar-refractivity contribution in [3.8, 4) is 11.1 Å². The molecule has 82 valence electrons. The van der Waals surface area contributed by atoms with Crippen LogP contribution in [0, 0.1) is 6.92 Å². The highest BCUT2D eigenvalue weighted by Crippen LogP contribution is 2.33. The van der Waals surface area contributed by atoms with E-state index in [0.29, 0.717) is 10.0 Å². The first kappa shape index (κ1) is 11.8. The molecule has 2 aromatic rings. The van der Waals surface area contributed by atoms with Crippen molar-refractivity contribution in [2.45, 2.75) is 6.92 Å². The van der Waals surface area contributed by atoms with E-state index in [-0.39, 0.29) is 0 Å². The van der Waals surface area contributed by atoms with Crippen LogP contribution in [0.4, 0.5) is 0 Å². The van der Waals surface area contributed by atoms with Gasteiger partial charge in [0.1, 0.15) is 0 Å². The summed E-state index contributed by atoms with van der Waals surface area (Å²) in [6, 6.07) is 11.2. The van der Waals surface area contributed by atoms with Gasteiger partial charge in [0.15, 0.2) is 0 Å². The number of hydrogen-bond acceptors (Lipinski definition) is 0. The Bertz CT molecular complexity index is 483. The standard InChI is InChI=1S/C13H9Cl3/c1-8-6-9(14)2-4-11(8)12-5-3-10(15)7-13(12)16/h2-7H,1H3. The van der Waals surface area contributed by atoms with Crippen LogP contribution in [0.25, 0.3) is 11.1 Å². The molecule has 2 rings (SSSR count). The van der Waals surface area contributed by atoms with Crippen LogP contribution in [0.1, 0.15) is 5.56 Å². The molecule has 0 aliphatic rings. The summed E-state index contributed by atoms with van der Waals surface area (Å²) < 4.78 is 0. The quantitative estimate of drug-likeness (QED) is 0.631. The summed E-state index contributed by atoms with van der Waals surface area (Å²) in [6.07, 6.45) is 0. The van der Waals surface area contributed by atoms with E-state index in [1.54, 1.807) is 6.07 Å². The van der Waals surface area contributed by atoms with Crippen molar-refractivity contribution >= 4 is 34.8 Å². The van der Waals surface area contributed by atoms with Gasteiger partial charge in [0, 0.05) is 20.6 Å². The van der Waals surface area contributed by atoms with Gasteiger partial charge < -0.3 is 0 Å². The van der Waals surface area contributed by atoms with E-state index in [1.807, 2.05) is 37.3 Å². The lowest BCUT2D eigenvalue weighted by atomic mass is 10.0. The van der Waals surface area contributed by atoms with E-state index in [0.717, 1.165) is 21.7 Å². The third-order valence-electron chi connectivity index (χ3n) is 2.41. The van der Waals surface area contributed by atoms with Crippen LogP contribution in [0.5, 0.6) is 0 Å². The molecule has 2 aromatic carbocycles. The molecule has 3 heteroatoms. The minimum atomic E-state index is 0.639. The van der Waals surface area contributed by atoms with Crippen molar-refractivity contribution in [3.05, 3.63) is 57.0 Å². The summed E-state index contributed by atoms with van der Waals surface area (Å²) in [6.45, 7) is 2.01. The maximum atomic E-state index is 6.16. The highest BCUT2D eigenvalue weighted by Gasteiger charge is 2.07. The average Bonchev–Trinajstić information content (AvgIpc) is 2.19. The predicted octanol–water partition coefficient (Wildman–Crippen LogP) is 5.62. The summed E-state index contributed by atoms with van der Waals surface area (Å²) in [5.74, 6) is 0. The molecule has 16 heavy (non-hydrogen) atoms. The van der Waals surface area contributed by atoms with E-state index in [2.05, 4.69) is 0 Å². The Kier molecular flexibility index (Phi) is 3.44. The number of hydrogen-bond donors (Lipinski definition) is 0. The lowest BCUT2D eigenvalue weighted by Crippen LogP contribution is -1.84. The van der Waals surface area contributed by atoms with Gasteiger partial charge in [-0.1, -0.05) is 46.9 Å². The second-order valence-electron chi connectivity index (χ2n) is 3.58. The number of rotatable bonds is 1. The molecule has 0 saturated carbocycles. The number of benzene rings is 2. The molecule has 0 saturated heterocycles. The van der Waals surface area contributed by atoms with Crippen LogP contribution in [-0.2, 0) is 0 Å². The van der Waals surface area contributed by atoms with E-state index >= 15 is 0 Å². The maximum absolute atomic E-state index is 6.16. The first-order valence-electron chi connectivity index (χ1n) is 4.79. The number of aryl methyl sites for hydroxylation is 1. The fourth-order valence-corrected chi connectivity index (χ4v) is 2.37. The molecule has 0 N–H and O–H groups in total. The molecule has 0 heterocycles. The molecule has 0 amide bonds. The van der Waals surface area contributed by atoms with E-state index in [1.165, 1.54) is 0 Å². The Morgan fingerprint density at radius 1 is 0.750 bits per heavy atom. The Hall–Kier alpha value is -0.690. The zero-order valence-corrected chi connectivity index (χ0v) is 10.9.